The third-order valence-electron chi connectivity index (χ3n) is 4.00. The highest BCUT2D eigenvalue weighted by atomic mass is 32.2. The summed E-state index contributed by atoms with van der Waals surface area (Å²) < 4.78 is 7.10. The molecule has 0 bridgehead atoms. The van der Waals surface area contributed by atoms with E-state index in [1.807, 2.05) is 4.57 Å². The Bertz CT molecular complexity index is 403. The molecule has 1 aromatic heterocycles. The number of methoxy groups -OCH3 is 1. The minimum Gasteiger partial charge on any atom is -0.389 e. The van der Waals surface area contributed by atoms with Crippen LogP contribution in [-0.4, -0.2) is 44.9 Å². The number of aromatic nitrogens is 3. The molecule has 1 aliphatic rings. The maximum Gasteiger partial charge on any atom is 0.191 e. The van der Waals surface area contributed by atoms with E-state index in [1.165, 1.54) is 0 Å². The molecule has 0 saturated heterocycles. The lowest BCUT2D eigenvalue weighted by molar-refractivity contribution is 0.0149. The van der Waals surface area contributed by atoms with E-state index in [9.17, 15) is 5.11 Å². The van der Waals surface area contributed by atoms with E-state index in [0.29, 0.717) is 5.75 Å². The van der Waals surface area contributed by atoms with Gasteiger partial charge in [0.1, 0.15) is 6.33 Å². The van der Waals surface area contributed by atoms with E-state index in [0.717, 1.165) is 56.3 Å². The Labute approximate surface area is 125 Å². The van der Waals surface area contributed by atoms with Gasteiger partial charge in [0, 0.05) is 26.0 Å². The molecular weight excluding hydrogens is 274 g/mol. The SMILES string of the molecule is COCCCn1cnnc1SCC1(O)CCC(C)CC1. The molecule has 0 amide bonds. The molecule has 1 fully saturated rings. The average molecular weight is 299 g/mol. The summed E-state index contributed by atoms with van der Waals surface area (Å²) in [5.74, 6) is 1.46. The zero-order valence-electron chi connectivity index (χ0n) is 12.4. The van der Waals surface area contributed by atoms with Gasteiger partial charge < -0.3 is 14.4 Å². The van der Waals surface area contributed by atoms with Gasteiger partial charge >= 0.3 is 0 Å². The molecule has 5 nitrogen and oxygen atoms in total. The smallest absolute Gasteiger partial charge is 0.191 e. The lowest BCUT2D eigenvalue weighted by atomic mass is 9.81. The zero-order chi connectivity index (χ0) is 14.4. The quantitative estimate of drug-likeness (QED) is 0.618. The molecule has 1 aliphatic carbocycles. The Hall–Kier alpha value is -0.590. The van der Waals surface area contributed by atoms with Crippen molar-refractivity contribution in [3.63, 3.8) is 0 Å². The molecule has 0 spiro atoms. The van der Waals surface area contributed by atoms with Crippen LogP contribution in [0.3, 0.4) is 0 Å². The summed E-state index contributed by atoms with van der Waals surface area (Å²) in [7, 11) is 1.71. The highest BCUT2D eigenvalue weighted by molar-refractivity contribution is 7.99. The van der Waals surface area contributed by atoms with Crippen LogP contribution in [0.1, 0.15) is 39.0 Å². The molecule has 1 saturated carbocycles. The van der Waals surface area contributed by atoms with Crippen molar-refractivity contribution in [2.45, 2.75) is 56.3 Å². The van der Waals surface area contributed by atoms with Crippen molar-refractivity contribution >= 4 is 11.8 Å². The molecule has 0 aliphatic heterocycles. The van der Waals surface area contributed by atoms with Crippen molar-refractivity contribution in [3.8, 4) is 0 Å². The van der Waals surface area contributed by atoms with E-state index in [1.54, 1.807) is 25.2 Å². The van der Waals surface area contributed by atoms with E-state index in [4.69, 9.17) is 4.74 Å². The molecular formula is C14H25N3O2S. The summed E-state index contributed by atoms with van der Waals surface area (Å²) in [5.41, 5.74) is -0.527. The first-order valence-corrected chi connectivity index (χ1v) is 8.33. The fourth-order valence-corrected chi connectivity index (χ4v) is 3.63. The van der Waals surface area contributed by atoms with E-state index in [-0.39, 0.29) is 0 Å². The molecule has 0 atom stereocenters. The molecule has 1 aromatic rings. The molecule has 0 unspecified atom stereocenters. The van der Waals surface area contributed by atoms with E-state index in [2.05, 4.69) is 17.1 Å². The zero-order valence-corrected chi connectivity index (χ0v) is 13.2. The van der Waals surface area contributed by atoms with Gasteiger partial charge in [-0.1, -0.05) is 18.7 Å². The first-order valence-electron chi connectivity index (χ1n) is 7.35. The van der Waals surface area contributed by atoms with Crippen LogP contribution in [0, 0.1) is 5.92 Å². The molecule has 2 rings (SSSR count). The number of hydrogen-bond acceptors (Lipinski definition) is 5. The van der Waals surface area contributed by atoms with Crippen LogP contribution in [-0.2, 0) is 11.3 Å². The van der Waals surface area contributed by atoms with Crippen LogP contribution in [0.2, 0.25) is 0 Å². The van der Waals surface area contributed by atoms with Crippen LogP contribution in [0.4, 0.5) is 0 Å². The Kier molecular flexibility index (Phi) is 5.86. The second-order valence-electron chi connectivity index (χ2n) is 5.85. The van der Waals surface area contributed by atoms with Crippen LogP contribution in [0.5, 0.6) is 0 Å². The fraction of sp³-hybridized carbons (Fsp3) is 0.857. The first kappa shape index (κ1) is 15.8. The van der Waals surface area contributed by atoms with Gasteiger partial charge in [-0.15, -0.1) is 10.2 Å². The summed E-state index contributed by atoms with van der Waals surface area (Å²) in [4.78, 5) is 0. The fourth-order valence-electron chi connectivity index (χ4n) is 2.53. The monoisotopic (exact) mass is 299 g/mol. The predicted molar refractivity (Wildman–Crippen MR) is 79.8 cm³/mol. The Morgan fingerprint density at radius 3 is 2.95 bits per heavy atom. The van der Waals surface area contributed by atoms with Gasteiger partial charge in [0.25, 0.3) is 0 Å². The van der Waals surface area contributed by atoms with Crippen LogP contribution >= 0.6 is 11.8 Å². The summed E-state index contributed by atoms with van der Waals surface area (Å²) in [6.45, 7) is 3.86. The van der Waals surface area contributed by atoms with Crippen molar-refractivity contribution in [1.82, 2.24) is 14.8 Å². The van der Waals surface area contributed by atoms with Gasteiger partial charge in [-0.2, -0.15) is 0 Å². The largest absolute Gasteiger partial charge is 0.389 e. The van der Waals surface area contributed by atoms with E-state index < -0.39 is 5.60 Å². The van der Waals surface area contributed by atoms with Crippen molar-refractivity contribution in [1.29, 1.82) is 0 Å². The highest BCUT2D eigenvalue weighted by Crippen LogP contribution is 2.35. The molecule has 1 N–H and O–H groups in total. The molecule has 6 heteroatoms. The standard InChI is InChI=1S/C14H25N3O2S/c1-12-4-6-14(18,7-5-12)10-20-13-16-15-11-17(13)8-3-9-19-2/h11-12,18H,3-10H2,1-2H3. The topological polar surface area (TPSA) is 60.2 Å². The second-order valence-corrected chi connectivity index (χ2v) is 6.79. The van der Waals surface area contributed by atoms with Crippen molar-refractivity contribution in [2.24, 2.45) is 5.92 Å². The van der Waals surface area contributed by atoms with Crippen molar-refractivity contribution in [2.75, 3.05) is 19.5 Å². The Balaban J connectivity index is 1.83. The van der Waals surface area contributed by atoms with Gasteiger partial charge in [0.2, 0.25) is 0 Å². The van der Waals surface area contributed by atoms with Gasteiger partial charge in [-0.3, -0.25) is 0 Å². The van der Waals surface area contributed by atoms with Gasteiger partial charge in [-0.05, 0) is 38.0 Å². The molecule has 0 radical (unpaired) electrons. The van der Waals surface area contributed by atoms with Crippen molar-refractivity contribution < 1.29 is 9.84 Å². The van der Waals surface area contributed by atoms with Gasteiger partial charge in [-0.25, -0.2) is 0 Å². The molecule has 0 aromatic carbocycles. The minimum absolute atomic E-state index is 0.527. The summed E-state index contributed by atoms with van der Waals surface area (Å²) in [6.07, 6.45) is 6.75. The lowest BCUT2D eigenvalue weighted by Crippen LogP contribution is -2.36. The first-order chi connectivity index (χ1) is 9.63. The lowest BCUT2D eigenvalue weighted by Gasteiger charge is -2.34. The number of hydrogen-bond donors (Lipinski definition) is 1. The summed E-state index contributed by atoms with van der Waals surface area (Å²) >= 11 is 1.62. The molecule has 20 heavy (non-hydrogen) atoms. The Morgan fingerprint density at radius 2 is 2.25 bits per heavy atom. The van der Waals surface area contributed by atoms with Gasteiger partial charge in [0.05, 0.1) is 5.60 Å². The van der Waals surface area contributed by atoms with Crippen LogP contribution < -0.4 is 0 Å². The molecule has 114 valence electrons. The number of ether oxygens (including phenoxy) is 1. The second kappa shape index (κ2) is 7.43. The third kappa shape index (κ3) is 4.46. The number of aryl methyl sites for hydroxylation is 1. The van der Waals surface area contributed by atoms with Crippen LogP contribution in [0.15, 0.2) is 11.5 Å². The third-order valence-corrected chi connectivity index (χ3v) is 5.26. The molecule has 1 heterocycles. The van der Waals surface area contributed by atoms with E-state index >= 15 is 0 Å². The number of thioether (sulfide) groups is 1. The van der Waals surface area contributed by atoms with Gasteiger partial charge in [0.15, 0.2) is 5.16 Å². The highest BCUT2D eigenvalue weighted by Gasteiger charge is 2.32. The van der Waals surface area contributed by atoms with Crippen LogP contribution in [0.25, 0.3) is 0 Å². The predicted octanol–water partition coefficient (Wildman–Crippen LogP) is 2.35. The maximum absolute atomic E-state index is 10.6. The summed E-state index contributed by atoms with van der Waals surface area (Å²) in [5, 5.41) is 19.6. The Morgan fingerprint density at radius 1 is 1.50 bits per heavy atom. The maximum atomic E-state index is 10.6. The average Bonchev–Trinajstić information content (AvgIpc) is 2.88. The normalized spacial score (nSPS) is 26.9. The summed E-state index contributed by atoms with van der Waals surface area (Å²) in [6, 6.07) is 0. The number of aliphatic hydroxyl groups is 1. The number of rotatable bonds is 7. The number of nitrogens with zero attached hydrogens (tertiary/aromatic N) is 3. The van der Waals surface area contributed by atoms with Crippen molar-refractivity contribution in [3.05, 3.63) is 6.33 Å². The minimum atomic E-state index is -0.527.